The van der Waals surface area contributed by atoms with Gasteiger partial charge in [0.25, 0.3) is 0 Å². The standard InChI is InChI=1S/C18H15ClF3N3O2S2/c19-12-7-11(18(20,21)22)8-24-17(12)28-6-5-23-15(26)9-25-13-3-1-2-4-14(13)29-10-16(25)27/h1-4,7-8H,5-6,9-10H2,(H,23,26). The summed E-state index contributed by atoms with van der Waals surface area (Å²) in [6.45, 7) is 0.154. The molecule has 5 nitrogen and oxygen atoms in total. The average Bonchev–Trinajstić information content (AvgIpc) is 2.67. The number of carbonyl (C=O) groups is 2. The molecule has 154 valence electrons. The molecule has 0 unspecified atom stereocenters. The van der Waals surface area contributed by atoms with E-state index in [4.69, 9.17) is 11.6 Å². The van der Waals surface area contributed by atoms with Gasteiger partial charge >= 0.3 is 6.18 Å². The molecule has 0 saturated heterocycles. The van der Waals surface area contributed by atoms with Crippen molar-refractivity contribution in [1.82, 2.24) is 10.3 Å². The number of alkyl halides is 3. The van der Waals surface area contributed by atoms with Crippen LogP contribution in [0, 0.1) is 0 Å². The van der Waals surface area contributed by atoms with Gasteiger partial charge in [0.1, 0.15) is 11.6 Å². The van der Waals surface area contributed by atoms with E-state index in [0.717, 1.165) is 28.9 Å². The Hall–Kier alpha value is -1.91. The molecule has 2 aromatic rings. The van der Waals surface area contributed by atoms with Crippen molar-refractivity contribution in [2.75, 3.05) is 29.5 Å². The zero-order valence-corrected chi connectivity index (χ0v) is 17.2. The summed E-state index contributed by atoms with van der Waals surface area (Å²) in [7, 11) is 0. The number of carbonyl (C=O) groups excluding carboxylic acids is 2. The lowest BCUT2D eigenvalue weighted by Gasteiger charge is -2.28. The number of aromatic nitrogens is 1. The number of thioether (sulfide) groups is 2. The molecule has 29 heavy (non-hydrogen) atoms. The summed E-state index contributed by atoms with van der Waals surface area (Å²) in [6, 6.07) is 8.19. The number of pyridine rings is 1. The average molecular weight is 462 g/mol. The minimum atomic E-state index is -4.50. The van der Waals surface area contributed by atoms with E-state index in [1.54, 1.807) is 12.1 Å². The molecule has 2 amide bonds. The summed E-state index contributed by atoms with van der Waals surface area (Å²) in [5, 5.41) is 2.86. The molecule has 1 N–H and O–H groups in total. The Kier molecular flexibility index (Phi) is 6.97. The number of benzene rings is 1. The van der Waals surface area contributed by atoms with Crippen molar-refractivity contribution < 1.29 is 22.8 Å². The number of para-hydroxylation sites is 1. The normalized spacial score (nSPS) is 13.9. The molecule has 0 radical (unpaired) electrons. The van der Waals surface area contributed by atoms with Gasteiger partial charge < -0.3 is 10.2 Å². The predicted octanol–water partition coefficient (Wildman–Crippen LogP) is 4.10. The molecule has 1 aliphatic heterocycles. The number of hydrogen-bond donors (Lipinski definition) is 1. The Labute approximate surface area is 178 Å². The van der Waals surface area contributed by atoms with Gasteiger partial charge in [-0.2, -0.15) is 13.2 Å². The number of halogens is 4. The van der Waals surface area contributed by atoms with Gasteiger partial charge in [-0.25, -0.2) is 4.98 Å². The minimum Gasteiger partial charge on any atom is -0.354 e. The van der Waals surface area contributed by atoms with Gasteiger partial charge in [-0.1, -0.05) is 23.7 Å². The molecule has 0 saturated carbocycles. The predicted molar refractivity (Wildman–Crippen MR) is 108 cm³/mol. The van der Waals surface area contributed by atoms with Crippen LogP contribution >= 0.6 is 35.1 Å². The van der Waals surface area contributed by atoms with E-state index >= 15 is 0 Å². The van der Waals surface area contributed by atoms with Gasteiger partial charge in [0.05, 0.1) is 22.0 Å². The lowest BCUT2D eigenvalue weighted by atomic mass is 10.2. The van der Waals surface area contributed by atoms with Crippen LogP contribution in [-0.2, 0) is 15.8 Å². The van der Waals surface area contributed by atoms with Crippen LogP contribution < -0.4 is 10.2 Å². The quantitative estimate of drug-likeness (QED) is 0.518. The molecule has 0 atom stereocenters. The van der Waals surface area contributed by atoms with Crippen LogP contribution in [0.15, 0.2) is 46.5 Å². The Morgan fingerprint density at radius 2 is 2.10 bits per heavy atom. The summed E-state index contributed by atoms with van der Waals surface area (Å²) in [5.41, 5.74) is -0.205. The lowest BCUT2D eigenvalue weighted by Crippen LogP contribution is -2.43. The number of fused-ring (bicyclic) bond motifs is 1. The number of nitrogens with one attached hydrogen (secondary N) is 1. The highest BCUT2D eigenvalue weighted by Crippen LogP contribution is 2.35. The Morgan fingerprint density at radius 1 is 1.34 bits per heavy atom. The molecule has 0 fully saturated rings. The second-order valence-corrected chi connectivity index (χ2v) is 8.45. The van der Waals surface area contributed by atoms with Gasteiger partial charge in [0.15, 0.2) is 0 Å². The van der Waals surface area contributed by atoms with E-state index in [1.165, 1.54) is 16.7 Å². The summed E-state index contributed by atoms with van der Waals surface area (Å²) >= 11 is 8.42. The fourth-order valence-electron chi connectivity index (χ4n) is 2.55. The van der Waals surface area contributed by atoms with Crippen molar-refractivity contribution in [1.29, 1.82) is 0 Å². The lowest BCUT2D eigenvalue weighted by molar-refractivity contribution is -0.137. The van der Waals surface area contributed by atoms with Crippen LogP contribution in [0.2, 0.25) is 5.02 Å². The molecule has 0 spiro atoms. The molecular formula is C18H15ClF3N3O2S2. The number of hydrogen-bond acceptors (Lipinski definition) is 5. The fraction of sp³-hybridized carbons (Fsp3) is 0.278. The third kappa shape index (κ3) is 5.58. The van der Waals surface area contributed by atoms with Gasteiger partial charge in [-0.05, 0) is 18.2 Å². The first kappa shape index (κ1) is 21.8. The molecule has 0 aliphatic carbocycles. The van der Waals surface area contributed by atoms with Crippen molar-refractivity contribution in [3.05, 3.63) is 47.1 Å². The highest BCUT2D eigenvalue weighted by Gasteiger charge is 2.31. The van der Waals surface area contributed by atoms with Crippen molar-refractivity contribution in [3.8, 4) is 0 Å². The second kappa shape index (κ2) is 9.27. The molecule has 2 heterocycles. The van der Waals surface area contributed by atoms with E-state index in [-0.39, 0.29) is 40.7 Å². The maximum atomic E-state index is 12.6. The van der Waals surface area contributed by atoms with Crippen molar-refractivity contribution >= 4 is 52.6 Å². The zero-order chi connectivity index (χ0) is 21.0. The van der Waals surface area contributed by atoms with Crippen molar-refractivity contribution in [2.24, 2.45) is 0 Å². The zero-order valence-electron chi connectivity index (χ0n) is 14.8. The SMILES string of the molecule is O=C(CN1C(=O)CSc2ccccc21)NCCSc1ncc(C(F)(F)F)cc1Cl. The number of nitrogens with zero attached hydrogens (tertiary/aromatic N) is 2. The van der Waals surface area contributed by atoms with Crippen LogP contribution in [-0.4, -0.2) is 41.4 Å². The molecule has 3 rings (SSSR count). The first-order valence-corrected chi connectivity index (χ1v) is 10.7. The Morgan fingerprint density at radius 3 is 2.83 bits per heavy atom. The second-order valence-electron chi connectivity index (χ2n) is 5.94. The van der Waals surface area contributed by atoms with Gasteiger partial charge in [-0.3, -0.25) is 9.59 Å². The highest BCUT2D eigenvalue weighted by molar-refractivity contribution is 8.00. The molecule has 1 aromatic heterocycles. The van der Waals surface area contributed by atoms with Gasteiger partial charge in [0.2, 0.25) is 11.8 Å². The molecule has 1 aromatic carbocycles. The fourth-order valence-corrected chi connectivity index (χ4v) is 4.54. The summed E-state index contributed by atoms with van der Waals surface area (Å²) in [5.74, 6) is 0.175. The Balaban J connectivity index is 1.49. The first-order chi connectivity index (χ1) is 13.8. The van der Waals surface area contributed by atoms with Crippen LogP contribution in [0.3, 0.4) is 0 Å². The van der Waals surface area contributed by atoms with E-state index < -0.39 is 11.7 Å². The molecule has 0 bridgehead atoms. The van der Waals surface area contributed by atoms with E-state index in [0.29, 0.717) is 11.4 Å². The molecule has 1 aliphatic rings. The van der Waals surface area contributed by atoms with Crippen molar-refractivity contribution in [2.45, 2.75) is 16.1 Å². The molecular weight excluding hydrogens is 447 g/mol. The Bertz CT molecular complexity index is 927. The first-order valence-electron chi connectivity index (χ1n) is 8.40. The monoisotopic (exact) mass is 461 g/mol. The van der Waals surface area contributed by atoms with Gasteiger partial charge in [0, 0.05) is 23.4 Å². The smallest absolute Gasteiger partial charge is 0.354 e. The van der Waals surface area contributed by atoms with E-state index in [9.17, 15) is 22.8 Å². The summed E-state index contributed by atoms with van der Waals surface area (Å²) in [4.78, 5) is 30.5. The summed E-state index contributed by atoms with van der Waals surface area (Å²) < 4.78 is 37.9. The van der Waals surface area contributed by atoms with E-state index in [2.05, 4.69) is 10.3 Å². The number of anilines is 1. The largest absolute Gasteiger partial charge is 0.417 e. The maximum absolute atomic E-state index is 12.6. The molecule has 11 heteroatoms. The third-order valence-electron chi connectivity index (χ3n) is 3.91. The van der Waals surface area contributed by atoms with Crippen LogP contribution in [0.25, 0.3) is 0 Å². The summed E-state index contributed by atoms with van der Waals surface area (Å²) in [6.07, 6.45) is -3.78. The minimum absolute atomic E-state index is 0.0934. The third-order valence-corrected chi connectivity index (χ3v) is 6.36. The van der Waals surface area contributed by atoms with Crippen molar-refractivity contribution in [3.63, 3.8) is 0 Å². The highest BCUT2D eigenvalue weighted by atomic mass is 35.5. The van der Waals surface area contributed by atoms with Crippen LogP contribution in [0.5, 0.6) is 0 Å². The maximum Gasteiger partial charge on any atom is 0.417 e. The van der Waals surface area contributed by atoms with Gasteiger partial charge in [-0.15, -0.1) is 23.5 Å². The van der Waals surface area contributed by atoms with E-state index in [1.807, 2.05) is 12.1 Å². The number of amides is 2. The van der Waals surface area contributed by atoms with Crippen LogP contribution in [0.1, 0.15) is 5.56 Å². The topological polar surface area (TPSA) is 62.3 Å². The number of rotatable bonds is 6. The van der Waals surface area contributed by atoms with Crippen LogP contribution in [0.4, 0.5) is 18.9 Å².